The highest BCUT2D eigenvalue weighted by Gasteiger charge is 2.36. The predicted molar refractivity (Wildman–Crippen MR) is 120 cm³/mol. The Morgan fingerprint density at radius 2 is 2.19 bits per heavy atom. The number of nitrogens with one attached hydrogen (secondary N) is 2. The molecular weight excluding hydrogens is 408 g/mol. The van der Waals surface area contributed by atoms with E-state index in [9.17, 15) is 15.0 Å². The lowest BCUT2D eigenvalue weighted by atomic mass is 9.99. The number of amides is 1. The number of aliphatic hydroxyl groups is 2. The average molecular weight is 437 g/mol. The second kappa shape index (κ2) is 9.52. The Hall–Kier alpha value is -3.20. The summed E-state index contributed by atoms with van der Waals surface area (Å²) < 4.78 is 5.52. The van der Waals surface area contributed by atoms with Crippen molar-refractivity contribution in [1.29, 1.82) is 0 Å². The van der Waals surface area contributed by atoms with E-state index in [2.05, 4.69) is 15.5 Å². The third kappa shape index (κ3) is 4.38. The summed E-state index contributed by atoms with van der Waals surface area (Å²) in [5.41, 5.74) is 3.79. The molecular formula is C24H28N4O4. The van der Waals surface area contributed by atoms with Gasteiger partial charge in [0.15, 0.2) is 0 Å². The Morgan fingerprint density at radius 1 is 1.34 bits per heavy atom. The molecule has 4 N–H and O–H groups in total. The van der Waals surface area contributed by atoms with Crippen molar-refractivity contribution in [3.63, 3.8) is 0 Å². The molecule has 2 aromatic carbocycles. The van der Waals surface area contributed by atoms with Gasteiger partial charge in [0.25, 0.3) is 5.91 Å². The van der Waals surface area contributed by atoms with Crippen LogP contribution >= 0.6 is 0 Å². The number of likely N-dealkylation sites (tertiary alicyclic amines) is 1. The van der Waals surface area contributed by atoms with Gasteiger partial charge in [-0.15, -0.1) is 0 Å². The van der Waals surface area contributed by atoms with Gasteiger partial charge in [-0.2, -0.15) is 5.10 Å². The van der Waals surface area contributed by atoms with Crippen molar-refractivity contribution in [1.82, 2.24) is 20.4 Å². The summed E-state index contributed by atoms with van der Waals surface area (Å²) in [7, 11) is 1.57. The van der Waals surface area contributed by atoms with Gasteiger partial charge >= 0.3 is 0 Å². The number of aromatic amines is 1. The quantitative estimate of drug-likeness (QED) is 0.424. The van der Waals surface area contributed by atoms with Gasteiger partial charge in [0.1, 0.15) is 12.0 Å². The van der Waals surface area contributed by atoms with Gasteiger partial charge in [0.2, 0.25) is 0 Å². The Bertz CT molecular complexity index is 1070. The Kier molecular flexibility index (Phi) is 6.55. The average Bonchev–Trinajstić information content (AvgIpc) is 3.48. The van der Waals surface area contributed by atoms with Crippen LogP contribution in [0.3, 0.4) is 0 Å². The lowest BCUT2D eigenvalue weighted by Crippen LogP contribution is -2.32. The molecule has 1 amide bonds. The zero-order valence-corrected chi connectivity index (χ0v) is 18.2. The molecule has 0 bridgehead atoms. The first-order valence-corrected chi connectivity index (χ1v) is 10.7. The number of benzene rings is 2. The summed E-state index contributed by atoms with van der Waals surface area (Å²) in [5.74, 6) is 0.394. The molecule has 1 aliphatic heterocycles. The van der Waals surface area contributed by atoms with E-state index in [4.69, 9.17) is 4.74 Å². The Morgan fingerprint density at radius 3 is 2.91 bits per heavy atom. The number of methoxy groups -OCH3 is 1. The summed E-state index contributed by atoms with van der Waals surface area (Å²) in [5, 5.41) is 30.4. The summed E-state index contributed by atoms with van der Waals surface area (Å²) in [6.45, 7) is 2.80. The van der Waals surface area contributed by atoms with E-state index < -0.39 is 12.3 Å². The van der Waals surface area contributed by atoms with Crippen LogP contribution in [0.25, 0.3) is 11.1 Å². The first-order valence-electron chi connectivity index (χ1n) is 10.7. The highest BCUT2D eigenvalue weighted by molar-refractivity contribution is 5.96. The molecule has 1 fully saturated rings. The van der Waals surface area contributed by atoms with E-state index in [-0.39, 0.29) is 18.5 Å². The fourth-order valence-electron chi connectivity index (χ4n) is 4.23. The summed E-state index contributed by atoms with van der Waals surface area (Å²) in [6.07, 6.45) is 2.51. The van der Waals surface area contributed by atoms with Crippen molar-refractivity contribution in [2.24, 2.45) is 0 Å². The van der Waals surface area contributed by atoms with Crippen molar-refractivity contribution in [3.05, 3.63) is 71.5 Å². The monoisotopic (exact) mass is 436 g/mol. The molecule has 1 saturated heterocycles. The second-order valence-corrected chi connectivity index (χ2v) is 7.90. The van der Waals surface area contributed by atoms with Crippen LogP contribution in [0.15, 0.2) is 54.9 Å². The fourth-order valence-corrected chi connectivity index (χ4v) is 4.23. The summed E-state index contributed by atoms with van der Waals surface area (Å²) in [4.78, 5) is 15.1. The molecule has 3 atom stereocenters. The fraction of sp³-hybridized carbons (Fsp3) is 0.333. The van der Waals surface area contributed by atoms with Crippen molar-refractivity contribution >= 4 is 5.91 Å². The van der Waals surface area contributed by atoms with Gasteiger partial charge in [-0.05, 0) is 48.4 Å². The molecule has 32 heavy (non-hydrogen) atoms. The molecule has 0 aliphatic carbocycles. The number of carbonyl (C=O) groups is 1. The molecule has 0 spiro atoms. The molecule has 1 aromatic heterocycles. The number of ether oxygens (including phenoxy) is 1. The van der Waals surface area contributed by atoms with E-state index in [0.717, 1.165) is 22.3 Å². The largest absolute Gasteiger partial charge is 0.496 e. The number of carbonyl (C=O) groups excluding carboxylic acids is 1. The van der Waals surface area contributed by atoms with Gasteiger partial charge < -0.3 is 19.8 Å². The smallest absolute Gasteiger partial charge is 0.254 e. The number of aromatic nitrogens is 2. The SMILES string of the molecule is CCNC(O)c1cccc([C@H]2CC(O)CN2C(=O)c2ccc(-c3cn[nH]c3)c(OC)c2)c1. The Labute approximate surface area is 186 Å². The predicted octanol–water partition coefficient (Wildman–Crippen LogP) is 2.63. The van der Waals surface area contributed by atoms with Crippen LogP contribution in [0.1, 0.15) is 47.1 Å². The van der Waals surface area contributed by atoms with Gasteiger partial charge in [-0.25, -0.2) is 0 Å². The third-order valence-electron chi connectivity index (χ3n) is 5.81. The Balaban J connectivity index is 1.62. The zero-order chi connectivity index (χ0) is 22.7. The van der Waals surface area contributed by atoms with Gasteiger partial charge in [0, 0.05) is 29.4 Å². The lowest BCUT2D eigenvalue weighted by Gasteiger charge is -2.26. The van der Waals surface area contributed by atoms with Crippen LogP contribution in [0.5, 0.6) is 5.75 Å². The zero-order valence-electron chi connectivity index (χ0n) is 18.2. The van der Waals surface area contributed by atoms with Crippen molar-refractivity contribution in [3.8, 4) is 16.9 Å². The minimum atomic E-state index is -0.782. The van der Waals surface area contributed by atoms with Crippen molar-refractivity contribution < 1.29 is 19.7 Å². The first-order chi connectivity index (χ1) is 15.5. The number of hydrogen-bond donors (Lipinski definition) is 4. The van der Waals surface area contributed by atoms with Crippen LogP contribution in [0.2, 0.25) is 0 Å². The van der Waals surface area contributed by atoms with Crippen LogP contribution < -0.4 is 10.1 Å². The van der Waals surface area contributed by atoms with E-state index in [0.29, 0.717) is 24.3 Å². The normalized spacial score (nSPS) is 19.2. The van der Waals surface area contributed by atoms with Crippen LogP contribution in [0.4, 0.5) is 0 Å². The summed E-state index contributed by atoms with van der Waals surface area (Å²) in [6, 6.07) is 12.6. The molecule has 3 aromatic rings. The van der Waals surface area contributed by atoms with Crippen molar-refractivity contribution in [2.45, 2.75) is 31.7 Å². The number of nitrogens with zero attached hydrogens (tertiary/aromatic N) is 2. The second-order valence-electron chi connectivity index (χ2n) is 7.90. The molecule has 2 unspecified atom stereocenters. The highest BCUT2D eigenvalue weighted by Crippen LogP contribution is 2.36. The molecule has 4 rings (SSSR count). The van der Waals surface area contributed by atoms with Gasteiger partial charge in [0.05, 0.1) is 25.5 Å². The third-order valence-corrected chi connectivity index (χ3v) is 5.81. The molecule has 8 heteroatoms. The van der Waals surface area contributed by atoms with E-state index in [1.807, 2.05) is 37.3 Å². The molecule has 2 heterocycles. The number of hydrogen-bond acceptors (Lipinski definition) is 6. The van der Waals surface area contributed by atoms with E-state index in [1.54, 1.807) is 36.5 Å². The lowest BCUT2D eigenvalue weighted by molar-refractivity contribution is 0.0715. The van der Waals surface area contributed by atoms with E-state index >= 15 is 0 Å². The molecule has 0 radical (unpaired) electrons. The number of β-amino-alcohol motifs (C(OH)–C–C–N with tert-alkyl or cyclic N) is 1. The molecule has 168 valence electrons. The van der Waals surface area contributed by atoms with Crippen LogP contribution in [-0.4, -0.2) is 57.5 Å². The topological polar surface area (TPSA) is 111 Å². The highest BCUT2D eigenvalue weighted by atomic mass is 16.5. The minimum Gasteiger partial charge on any atom is -0.496 e. The number of rotatable bonds is 7. The van der Waals surface area contributed by atoms with E-state index in [1.165, 1.54) is 0 Å². The maximum atomic E-state index is 13.4. The van der Waals surface area contributed by atoms with Gasteiger partial charge in [-0.1, -0.05) is 25.1 Å². The molecule has 1 aliphatic rings. The first kappa shape index (κ1) is 22.0. The maximum Gasteiger partial charge on any atom is 0.254 e. The minimum absolute atomic E-state index is 0.179. The number of H-pyrrole nitrogens is 1. The van der Waals surface area contributed by atoms with Crippen LogP contribution in [0, 0.1) is 0 Å². The van der Waals surface area contributed by atoms with Gasteiger partial charge in [-0.3, -0.25) is 15.2 Å². The van der Waals surface area contributed by atoms with Crippen molar-refractivity contribution in [2.75, 3.05) is 20.2 Å². The summed E-state index contributed by atoms with van der Waals surface area (Å²) >= 11 is 0. The standard InChI is InChI=1S/C24H28N4O4/c1-3-25-23(30)16-6-4-5-15(9-16)21-11-19(29)14-28(21)24(31)17-7-8-20(22(10-17)32-2)18-12-26-27-13-18/h4-10,12-13,19,21,23,25,29-30H,3,11,14H2,1-2H3,(H,26,27)/t19?,21-,23?/m1/s1. The maximum absolute atomic E-state index is 13.4. The molecule has 8 nitrogen and oxygen atoms in total. The number of aliphatic hydroxyl groups excluding tert-OH is 2. The van der Waals surface area contributed by atoms with Crippen LogP contribution in [-0.2, 0) is 0 Å². The molecule has 0 saturated carbocycles.